The molecule has 0 spiro atoms. The van der Waals surface area contributed by atoms with Gasteiger partial charge < -0.3 is 28.5 Å². The molecule has 0 bridgehead atoms. The third kappa shape index (κ3) is 56.5. The maximum atomic E-state index is 12.8. The van der Waals surface area contributed by atoms with Gasteiger partial charge in [-0.3, -0.25) is 9.59 Å². The van der Waals surface area contributed by atoms with E-state index in [0.717, 1.165) is 77.0 Å². The maximum Gasteiger partial charge on any atom is 0.361 e. The van der Waals surface area contributed by atoms with E-state index in [0.29, 0.717) is 17.4 Å². The van der Waals surface area contributed by atoms with E-state index in [1.165, 1.54) is 161 Å². The fourth-order valence-electron chi connectivity index (χ4n) is 8.55. The summed E-state index contributed by atoms with van der Waals surface area (Å²) in [6.45, 7) is 4.74. The monoisotopic (exact) mass is 1040 g/mol. The van der Waals surface area contributed by atoms with Crippen molar-refractivity contribution < 1.29 is 42.9 Å². The Bertz CT molecular complexity index is 1440. The molecule has 0 amide bonds. The van der Waals surface area contributed by atoms with Crippen molar-refractivity contribution in [3.05, 3.63) is 72.9 Å². The lowest BCUT2D eigenvalue weighted by molar-refractivity contribution is -0.870. The van der Waals surface area contributed by atoms with Gasteiger partial charge in [0.2, 0.25) is 0 Å². The number of carbonyl (C=O) groups is 3. The molecule has 428 valence electrons. The van der Waals surface area contributed by atoms with E-state index in [9.17, 15) is 19.5 Å². The highest BCUT2D eigenvalue weighted by Gasteiger charge is 2.25. The second-order valence-electron chi connectivity index (χ2n) is 21.6. The van der Waals surface area contributed by atoms with Gasteiger partial charge in [-0.25, -0.2) is 4.79 Å². The molecule has 9 nitrogen and oxygen atoms in total. The van der Waals surface area contributed by atoms with Crippen LogP contribution in [-0.4, -0.2) is 87.4 Å². The van der Waals surface area contributed by atoms with Gasteiger partial charge in [0.1, 0.15) is 13.2 Å². The second-order valence-corrected chi connectivity index (χ2v) is 21.6. The van der Waals surface area contributed by atoms with Crippen LogP contribution in [0.2, 0.25) is 0 Å². The first kappa shape index (κ1) is 70.7. The molecule has 0 aromatic carbocycles. The van der Waals surface area contributed by atoms with E-state index in [4.69, 9.17) is 18.9 Å². The van der Waals surface area contributed by atoms with Crippen LogP contribution in [-0.2, 0) is 33.3 Å². The van der Waals surface area contributed by atoms with Gasteiger partial charge in [-0.2, -0.15) is 0 Å². The molecule has 1 N–H and O–H groups in total. The number of hydrogen-bond acceptors (Lipinski definition) is 7. The lowest BCUT2D eigenvalue weighted by Gasteiger charge is -2.25. The van der Waals surface area contributed by atoms with Crippen LogP contribution in [0.3, 0.4) is 0 Å². The SMILES string of the molecule is CC/C=C\C/C=C\C/C=C\C/C=C\C/C=C\C/C=C\CCCCCCCCCCCCCCCCCCCCCCCCC(=O)OC(COC(=O)CCCCCCCCCC)COC(OCC[N+](C)(C)C)C(=O)O. The molecule has 0 heterocycles. The number of carboxylic acids is 1. The number of ether oxygens (including phenoxy) is 4. The minimum Gasteiger partial charge on any atom is -0.477 e. The Morgan fingerprint density at radius 2 is 0.770 bits per heavy atom. The summed E-state index contributed by atoms with van der Waals surface area (Å²) >= 11 is 0. The van der Waals surface area contributed by atoms with Gasteiger partial charge in [0.05, 0.1) is 34.4 Å². The third-order valence-electron chi connectivity index (χ3n) is 13.2. The number of carbonyl (C=O) groups excluding carboxylic acids is 2. The zero-order chi connectivity index (χ0) is 54.1. The number of rotatable bonds is 56. The van der Waals surface area contributed by atoms with Crippen molar-refractivity contribution >= 4 is 17.9 Å². The molecule has 0 rings (SSSR count). The molecule has 0 aromatic heterocycles. The van der Waals surface area contributed by atoms with Crippen LogP contribution in [0.15, 0.2) is 72.9 Å². The Morgan fingerprint density at radius 3 is 1.15 bits per heavy atom. The maximum absolute atomic E-state index is 12.8. The first-order chi connectivity index (χ1) is 36.1. The first-order valence-corrected chi connectivity index (χ1v) is 30.6. The number of esters is 2. The predicted molar refractivity (Wildman–Crippen MR) is 313 cm³/mol. The molecule has 9 heteroatoms. The fraction of sp³-hybridized carbons (Fsp3) is 0.769. The van der Waals surface area contributed by atoms with Crippen LogP contribution in [0, 0.1) is 0 Å². The van der Waals surface area contributed by atoms with Gasteiger partial charge in [0, 0.05) is 12.8 Å². The van der Waals surface area contributed by atoms with E-state index in [1.807, 2.05) is 21.1 Å². The molecular formula is C65H116NO8+. The standard InChI is InChI=1S/C65H115NO8/c1-6-8-10-12-14-16-17-18-19-20-21-22-23-24-25-26-27-28-29-30-31-32-33-34-35-36-37-38-39-40-41-42-43-44-45-46-47-48-50-52-54-56-63(68)74-61(60-73-65(64(69)70)71-58-57-66(3,4)5)59-72-62(67)55-53-51-49-15-13-11-9-7-2/h8,10,14,16,18-19,21-22,24-25,27-28,61,65H,6-7,9,11-13,15,17,20,23,26,29-60H2,1-5H3/p+1/b10-8-,16-14-,19-18-,22-21-,25-24-,28-27-. The van der Waals surface area contributed by atoms with Gasteiger partial charge in [-0.15, -0.1) is 0 Å². The highest BCUT2D eigenvalue weighted by Crippen LogP contribution is 2.17. The second kappa shape index (κ2) is 55.9. The van der Waals surface area contributed by atoms with E-state index in [1.54, 1.807) is 0 Å². The van der Waals surface area contributed by atoms with Crippen molar-refractivity contribution in [3.8, 4) is 0 Å². The molecule has 0 saturated carbocycles. The number of hydrogen-bond donors (Lipinski definition) is 1. The number of quaternary nitrogens is 1. The Hall–Kier alpha value is -3.27. The quantitative estimate of drug-likeness (QED) is 0.0211. The van der Waals surface area contributed by atoms with Crippen LogP contribution >= 0.6 is 0 Å². The zero-order valence-electron chi connectivity index (χ0n) is 48.7. The van der Waals surface area contributed by atoms with Crippen molar-refractivity contribution in [2.24, 2.45) is 0 Å². The summed E-state index contributed by atoms with van der Waals surface area (Å²) in [5, 5.41) is 9.66. The van der Waals surface area contributed by atoms with Crippen molar-refractivity contribution in [2.75, 3.05) is 47.5 Å². The lowest BCUT2D eigenvalue weighted by Crippen LogP contribution is -2.40. The van der Waals surface area contributed by atoms with Crippen molar-refractivity contribution in [2.45, 2.75) is 277 Å². The van der Waals surface area contributed by atoms with Gasteiger partial charge in [0.25, 0.3) is 6.29 Å². The molecule has 0 radical (unpaired) electrons. The number of aliphatic carboxylic acids is 1. The molecule has 0 saturated heterocycles. The van der Waals surface area contributed by atoms with Crippen molar-refractivity contribution in [1.29, 1.82) is 0 Å². The van der Waals surface area contributed by atoms with Crippen LogP contribution < -0.4 is 0 Å². The summed E-state index contributed by atoms with van der Waals surface area (Å²) in [6.07, 6.45) is 70.4. The number of nitrogens with zero attached hydrogens (tertiary/aromatic N) is 1. The van der Waals surface area contributed by atoms with Crippen LogP contribution in [0.5, 0.6) is 0 Å². The van der Waals surface area contributed by atoms with Gasteiger partial charge in [-0.05, 0) is 64.2 Å². The summed E-state index contributed by atoms with van der Waals surface area (Å²) in [5.74, 6) is -2.00. The van der Waals surface area contributed by atoms with Gasteiger partial charge in [0.15, 0.2) is 6.10 Å². The minimum atomic E-state index is -1.51. The number of allylic oxidation sites excluding steroid dienone is 12. The summed E-state index contributed by atoms with van der Waals surface area (Å²) in [5.41, 5.74) is 0. The molecule has 0 fully saturated rings. The number of likely N-dealkylation sites (N-methyl/N-ethyl adjacent to an activating group) is 1. The molecular weight excluding hydrogens is 923 g/mol. The van der Waals surface area contributed by atoms with Gasteiger partial charge >= 0.3 is 17.9 Å². The highest BCUT2D eigenvalue weighted by atomic mass is 16.7. The van der Waals surface area contributed by atoms with Crippen molar-refractivity contribution in [1.82, 2.24) is 0 Å². The van der Waals surface area contributed by atoms with E-state index in [-0.39, 0.29) is 32.2 Å². The Kier molecular flexibility index (Phi) is 53.5. The largest absolute Gasteiger partial charge is 0.477 e. The molecule has 0 aliphatic carbocycles. The van der Waals surface area contributed by atoms with Crippen LogP contribution in [0.4, 0.5) is 0 Å². The molecule has 0 aliphatic rings. The van der Waals surface area contributed by atoms with Crippen molar-refractivity contribution in [3.63, 3.8) is 0 Å². The molecule has 0 aromatic rings. The molecule has 0 aliphatic heterocycles. The summed E-state index contributed by atoms with van der Waals surface area (Å²) in [6, 6.07) is 0. The van der Waals surface area contributed by atoms with E-state index in [2.05, 4.69) is 86.8 Å². The Morgan fingerprint density at radius 1 is 0.419 bits per heavy atom. The normalized spacial score (nSPS) is 13.3. The van der Waals surface area contributed by atoms with Crippen LogP contribution in [0.1, 0.15) is 264 Å². The molecule has 2 atom stereocenters. The summed E-state index contributed by atoms with van der Waals surface area (Å²) in [7, 11) is 5.96. The van der Waals surface area contributed by atoms with Gasteiger partial charge in [-0.1, -0.05) is 260 Å². The zero-order valence-corrected chi connectivity index (χ0v) is 48.7. The number of unbranched alkanes of at least 4 members (excludes halogenated alkanes) is 29. The predicted octanol–water partition coefficient (Wildman–Crippen LogP) is 18.2. The summed E-state index contributed by atoms with van der Waals surface area (Å²) in [4.78, 5) is 37.2. The average Bonchev–Trinajstić information content (AvgIpc) is 3.37. The average molecular weight is 1040 g/mol. The Balaban J connectivity index is 3.86. The highest BCUT2D eigenvalue weighted by molar-refractivity contribution is 5.71. The summed E-state index contributed by atoms with van der Waals surface area (Å²) < 4.78 is 22.8. The third-order valence-corrected chi connectivity index (χ3v) is 13.2. The molecule has 2 unspecified atom stereocenters. The first-order valence-electron chi connectivity index (χ1n) is 30.6. The topological polar surface area (TPSA) is 108 Å². The number of carboxylic acid groups (broad SMARTS) is 1. The minimum absolute atomic E-state index is 0.179. The Labute approximate surface area is 456 Å². The molecule has 74 heavy (non-hydrogen) atoms. The fourth-order valence-corrected chi connectivity index (χ4v) is 8.55. The van der Waals surface area contributed by atoms with E-state index >= 15 is 0 Å². The van der Waals surface area contributed by atoms with E-state index < -0.39 is 24.3 Å². The smallest absolute Gasteiger partial charge is 0.361 e. The van der Waals surface area contributed by atoms with Crippen LogP contribution in [0.25, 0.3) is 0 Å². The lowest BCUT2D eigenvalue weighted by atomic mass is 10.0.